The zero-order valence-electron chi connectivity index (χ0n) is 18.8. The Hall–Kier alpha value is -1.66. The monoisotopic (exact) mass is 586 g/mol. The summed E-state index contributed by atoms with van der Waals surface area (Å²) in [6.45, 7) is 1.67. The van der Waals surface area contributed by atoms with Crippen molar-refractivity contribution in [3.05, 3.63) is 12.2 Å². The van der Waals surface area contributed by atoms with Crippen LogP contribution in [0.1, 0.15) is 44.9 Å². The van der Waals surface area contributed by atoms with Gasteiger partial charge in [0.2, 0.25) is 0 Å². The molecule has 0 aromatic carbocycles. The molecule has 1 unspecified atom stereocenters. The van der Waals surface area contributed by atoms with Gasteiger partial charge >= 0.3 is 39.6 Å². The van der Waals surface area contributed by atoms with E-state index < -0.39 is 95.3 Å². The van der Waals surface area contributed by atoms with E-state index in [1.807, 2.05) is 0 Å². The largest absolute Gasteiger partial charge is 0.455 e. The molecule has 18 heteroatoms. The molecule has 0 spiro atoms. The highest BCUT2D eigenvalue weighted by atomic mass is 32.2. The molecule has 1 aliphatic rings. The molecule has 0 amide bonds. The van der Waals surface area contributed by atoms with E-state index in [1.54, 1.807) is 0 Å². The SMILES string of the molecule is C=C(COCCCCC(F)(F)C(F)(F)S(=O)(=O)O)C(=O)OC(C1CCCC1)C(O)(C(F)(F)F)C(F)(F)F. The number of hydrogen-bond donors (Lipinski definition) is 2. The Balaban J connectivity index is 2.74. The topological polar surface area (TPSA) is 110 Å². The molecule has 2 N–H and O–H groups in total. The predicted octanol–water partition coefficient (Wildman–Crippen LogP) is 4.80. The summed E-state index contributed by atoms with van der Waals surface area (Å²) < 4.78 is 171. The molecule has 0 heterocycles. The Morgan fingerprint density at radius 1 is 0.946 bits per heavy atom. The van der Waals surface area contributed by atoms with E-state index in [0.717, 1.165) is 0 Å². The van der Waals surface area contributed by atoms with Gasteiger partial charge in [-0.05, 0) is 31.6 Å². The number of ether oxygens (including phenoxy) is 2. The quantitative estimate of drug-likeness (QED) is 0.105. The molecule has 37 heavy (non-hydrogen) atoms. The summed E-state index contributed by atoms with van der Waals surface area (Å²) in [7, 11) is -6.41. The fourth-order valence-electron chi connectivity index (χ4n) is 3.60. The summed E-state index contributed by atoms with van der Waals surface area (Å²) in [5, 5.41) is 3.97. The first kappa shape index (κ1) is 33.4. The van der Waals surface area contributed by atoms with Crippen LogP contribution >= 0.6 is 0 Å². The summed E-state index contributed by atoms with van der Waals surface area (Å²) in [4.78, 5) is 12.2. The number of rotatable bonds is 13. The molecule has 0 bridgehead atoms. The number of carbonyl (C=O) groups excluding carboxylic acids is 1. The normalized spacial score (nSPS) is 17.6. The zero-order valence-corrected chi connectivity index (χ0v) is 19.7. The van der Waals surface area contributed by atoms with Crippen molar-refractivity contribution in [3.63, 3.8) is 0 Å². The maximum Gasteiger partial charge on any atom is 0.431 e. The first-order valence-corrected chi connectivity index (χ1v) is 12.0. The van der Waals surface area contributed by atoms with E-state index in [0.29, 0.717) is 0 Å². The van der Waals surface area contributed by atoms with E-state index in [2.05, 4.69) is 11.3 Å². The molecule has 1 aliphatic carbocycles. The van der Waals surface area contributed by atoms with Gasteiger partial charge in [0, 0.05) is 13.0 Å². The number of esters is 1. The van der Waals surface area contributed by atoms with E-state index in [4.69, 9.17) is 9.29 Å². The van der Waals surface area contributed by atoms with Gasteiger partial charge in [0.15, 0.2) is 6.10 Å². The van der Waals surface area contributed by atoms with E-state index in [-0.39, 0.29) is 25.7 Å². The second kappa shape index (κ2) is 11.6. The highest BCUT2D eigenvalue weighted by Crippen LogP contribution is 2.50. The minimum Gasteiger partial charge on any atom is -0.455 e. The summed E-state index contributed by atoms with van der Waals surface area (Å²) in [5.41, 5.74) is -6.17. The third-order valence-electron chi connectivity index (χ3n) is 5.68. The Morgan fingerprint density at radius 2 is 1.43 bits per heavy atom. The van der Waals surface area contributed by atoms with Crippen molar-refractivity contribution in [2.75, 3.05) is 13.2 Å². The maximum atomic E-state index is 13.4. The van der Waals surface area contributed by atoms with Crippen molar-refractivity contribution in [1.29, 1.82) is 0 Å². The highest BCUT2D eigenvalue weighted by Gasteiger charge is 2.76. The zero-order chi connectivity index (χ0) is 29.1. The fourth-order valence-corrected chi connectivity index (χ4v) is 4.08. The van der Waals surface area contributed by atoms with Crippen molar-refractivity contribution in [2.24, 2.45) is 5.92 Å². The second-order valence-corrected chi connectivity index (χ2v) is 9.90. The summed E-state index contributed by atoms with van der Waals surface area (Å²) in [6, 6.07) is 0. The summed E-state index contributed by atoms with van der Waals surface area (Å²) in [6.07, 6.45) is -18.4. The van der Waals surface area contributed by atoms with Crippen molar-refractivity contribution in [1.82, 2.24) is 0 Å². The Kier molecular flexibility index (Phi) is 10.5. The minimum atomic E-state index is -6.41. The van der Waals surface area contributed by atoms with Crippen LogP contribution < -0.4 is 0 Å². The molecule has 0 aliphatic heterocycles. The van der Waals surface area contributed by atoms with Crippen molar-refractivity contribution >= 4 is 16.1 Å². The molecule has 218 valence electrons. The van der Waals surface area contributed by atoms with Gasteiger partial charge in [0.25, 0.3) is 5.60 Å². The molecular weight excluding hydrogens is 562 g/mol. The molecule has 0 aromatic heterocycles. The van der Waals surface area contributed by atoms with Crippen molar-refractivity contribution in [2.45, 2.75) is 80.2 Å². The molecule has 1 rings (SSSR count). The van der Waals surface area contributed by atoms with Gasteiger partial charge in [-0.25, -0.2) is 4.79 Å². The summed E-state index contributed by atoms with van der Waals surface area (Å²) >= 11 is 0. The maximum absolute atomic E-state index is 13.4. The molecule has 1 fully saturated rings. The highest BCUT2D eigenvalue weighted by molar-refractivity contribution is 7.87. The lowest BCUT2D eigenvalue weighted by molar-refractivity contribution is -0.395. The van der Waals surface area contributed by atoms with Gasteiger partial charge in [-0.3, -0.25) is 4.55 Å². The van der Waals surface area contributed by atoms with Crippen LogP contribution in [0.15, 0.2) is 12.2 Å². The smallest absolute Gasteiger partial charge is 0.431 e. The molecule has 7 nitrogen and oxygen atoms in total. The van der Waals surface area contributed by atoms with Crippen LogP contribution in [-0.4, -0.2) is 72.5 Å². The second-order valence-electron chi connectivity index (χ2n) is 8.44. The van der Waals surface area contributed by atoms with Gasteiger partial charge in [0.05, 0.1) is 12.2 Å². The van der Waals surface area contributed by atoms with Crippen LogP contribution in [0.2, 0.25) is 0 Å². The van der Waals surface area contributed by atoms with Crippen molar-refractivity contribution < 1.29 is 76.2 Å². The molecule has 1 saturated carbocycles. The number of halogens is 10. The third-order valence-corrected chi connectivity index (χ3v) is 6.63. The van der Waals surface area contributed by atoms with Gasteiger partial charge in [-0.1, -0.05) is 19.4 Å². The number of aliphatic hydroxyl groups is 1. The third kappa shape index (κ3) is 7.47. The van der Waals surface area contributed by atoms with E-state index in [9.17, 15) is 62.2 Å². The Labute approximate surface area is 204 Å². The van der Waals surface area contributed by atoms with Crippen LogP contribution in [-0.2, 0) is 24.4 Å². The van der Waals surface area contributed by atoms with Gasteiger partial charge < -0.3 is 14.6 Å². The number of unbranched alkanes of at least 4 members (excludes halogenated alkanes) is 1. The van der Waals surface area contributed by atoms with Crippen LogP contribution in [0.5, 0.6) is 0 Å². The average molecular weight is 586 g/mol. The molecular formula is C19H24F10O7S. The predicted molar refractivity (Wildman–Crippen MR) is 104 cm³/mol. The molecule has 0 aromatic rings. The van der Waals surface area contributed by atoms with Gasteiger partial charge in [0.1, 0.15) is 0 Å². The standard InChI is InChI=1S/C19H24F10O7S/c1-11(10-35-9-5-4-8-15(20,21)19(28,29)37(32,33)34)14(30)36-13(12-6-2-3-7-12)16(31,17(22,23)24)18(25,26)27/h12-13,31H,1-10H2,(H,32,33,34). The van der Waals surface area contributed by atoms with Crippen LogP contribution in [0.4, 0.5) is 43.9 Å². The van der Waals surface area contributed by atoms with Crippen molar-refractivity contribution in [3.8, 4) is 0 Å². The Bertz CT molecular complexity index is 895. The summed E-state index contributed by atoms with van der Waals surface area (Å²) in [5.74, 6) is -8.38. The minimum absolute atomic E-state index is 0.198. The lowest BCUT2D eigenvalue weighted by Crippen LogP contribution is -2.66. The fraction of sp³-hybridized carbons (Fsp3) is 0.842. The first-order valence-electron chi connectivity index (χ1n) is 10.6. The lowest BCUT2D eigenvalue weighted by atomic mass is 9.84. The lowest BCUT2D eigenvalue weighted by Gasteiger charge is -2.40. The Morgan fingerprint density at radius 3 is 1.86 bits per heavy atom. The van der Waals surface area contributed by atoms with Crippen LogP contribution in [0.25, 0.3) is 0 Å². The van der Waals surface area contributed by atoms with Crippen LogP contribution in [0, 0.1) is 5.92 Å². The number of carbonyl (C=O) groups is 1. The van der Waals surface area contributed by atoms with Crippen LogP contribution in [0.3, 0.4) is 0 Å². The number of hydrogen-bond acceptors (Lipinski definition) is 6. The van der Waals surface area contributed by atoms with Gasteiger partial charge in [-0.2, -0.15) is 52.3 Å². The average Bonchev–Trinajstić information content (AvgIpc) is 3.25. The molecule has 1 atom stereocenters. The number of alkyl halides is 10. The first-order chi connectivity index (χ1) is 16.5. The van der Waals surface area contributed by atoms with E-state index in [1.165, 1.54) is 0 Å². The van der Waals surface area contributed by atoms with E-state index >= 15 is 0 Å². The van der Waals surface area contributed by atoms with Gasteiger partial charge in [-0.15, -0.1) is 0 Å². The molecule has 0 saturated heterocycles. The molecule has 0 radical (unpaired) electrons.